The summed E-state index contributed by atoms with van der Waals surface area (Å²) in [6, 6.07) is 104. The molecule has 0 atom stereocenters. The Kier molecular flexibility index (Phi) is 11.6. The van der Waals surface area contributed by atoms with Gasteiger partial charge < -0.3 is 10.2 Å². The van der Waals surface area contributed by atoms with Gasteiger partial charge >= 0.3 is 0 Å². The SMILES string of the molecule is N=C(/C(=C1\NC(c2ccccc2)=Cc2c1cccc2N(c1ccc(-c2ccc(-c3ccccc3)cc2)cc1)c1cccc2c1-c1ccccc1C2(c1ccccc1)c1ccccc1)c1ccccc1)c1ccccc1. The highest BCUT2D eigenvalue weighted by molar-refractivity contribution is 6.36. The number of hydrogen-bond donors (Lipinski definition) is 2. The van der Waals surface area contributed by atoms with E-state index in [9.17, 15) is 5.41 Å². The normalized spacial score (nSPS) is 13.6. The van der Waals surface area contributed by atoms with Gasteiger partial charge in [-0.3, -0.25) is 5.41 Å². The Morgan fingerprint density at radius 2 is 0.800 bits per heavy atom. The van der Waals surface area contributed by atoms with Crippen LogP contribution in [0, 0.1) is 5.41 Å². The molecule has 0 saturated heterocycles. The highest BCUT2D eigenvalue weighted by Gasteiger charge is 2.47. The molecule has 0 aromatic heterocycles. The lowest BCUT2D eigenvalue weighted by atomic mass is 9.68. The van der Waals surface area contributed by atoms with Crippen LogP contribution in [0.4, 0.5) is 17.1 Å². The van der Waals surface area contributed by atoms with Crippen molar-refractivity contribution in [2.24, 2.45) is 0 Å². The highest BCUT2D eigenvalue weighted by atomic mass is 15.1. The minimum atomic E-state index is -0.593. The van der Waals surface area contributed by atoms with E-state index in [0.29, 0.717) is 5.71 Å². The van der Waals surface area contributed by atoms with Gasteiger partial charge in [-0.25, -0.2) is 0 Å². The second-order valence-corrected chi connectivity index (χ2v) is 19.2. The number of allylic oxidation sites excluding steroid dienone is 1. The first-order valence-electron chi connectivity index (χ1n) is 25.7. The van der Waals surface area contributed by atoms with Crippen molar-refractivity contribution in [1.29, 1.82) is 5.41 Å². The molecule has 3 nitrogen and oxygen atoms in total. The first-order valence-corrected chi connectivity index (χ1v) is 25.7. The molecule has 0 radical (unpaired) electrons. The van der Waals surface area contributed by atoms with E-state index >= 15 is 0 Å². The monoisotopic (exact) mass is 957 g/mol. The molecule has 0 spiro atoms. The van der Waals surface area contributed by atoms with Crippen LogP contribution in [0.25, 0.3) is 56.4 Å². The fourth-order valence-corrected chi connectivity index (χ4v) is 11.6. The first-order chi connectivity index (χ1) is 37.1. The van der Waals surface area contributed by atoms with Gasteiger partial charge in [0.05, 0.1) is 28.2 Å². The molecule has 75 heavy (non-hydrogen) atoms. The van der Waals surface area contributed by atoms with Crippen molar-refractivity contribution in [1.82, 2.24) is 5.32 Å². The topological polar surface area (TPSA) is 39.1 Å². The summed E-state index contributed by atoms with van der Waals surface area (Å²) in [5.74, 6) is 0. The Hall–Kier alpha value is -9.83. The molecule has 1 aliphatic carbocycles. The lowest BCUT2D eigenvalue weighted by molar-refractivity contribution is 0.768. The number of hydrogen-bond acceptors (Lipinski definition) is 3. The molecular weight excluding hydrogens is 907 g/mol. The smallest absolute Gasteiger partial charge is 0.0714 e. The molecule has 0 unspecified atom stereocenters. The van der Waals surface area contributed by atoms with Gasteiger partial charge in [0.1, 0.15) is 0 Å². The Morgan fingerprint density at radius 3 is 1.40 bits per heavy atom. The molecule has 2 aliphatic rings. The molecule has 2 N–H and O–H groups in total. The zero-order chi connectivity index (χ0) is 50.1. The average Bonchev–Trinajstić information content (AvgIpc) is 3.81. The van der Waals surface area contributed by atoms with Crippen molar-refractivity contribution in [2.45, 2.75) is 5.41 Å². The maximum Gasteiger partial charge on any atom is 0.0714 e. The maximum absolute atomic E-state index is 10.0. The molecule has 354 valence electrons. The number of anilines is 3. The summed E-state index contributed by atoms with van der Waals surface area (Å²) in [7, 11) is 0. The maximum atomic E-state index is 10.0. The van der Waals surface area contributed by atoms with Gasteiger partial charge in [-0.2, -0.15) is 0 Å². The molecule has 0 fully saturated rings. The van der Waals surface area contributed by atoms with Gasteiger partial charge in [0.2, 0.25) is 0 Å². The van der Waals surface area contributed by atoms with Gasteiger partial charge in [0.25, 0.3) is 0 Å². The third-order valence-electron chi connectivity index (χ3n) is 15.0. The second-order valence-electron chi connectivity index (χ2n) is 19.2. The lowest BCUT2D eigenvalue weighted by Gasteiger charge is -2.35. The van der Waals surface area contributed by atoms with Crippen LogP contribution < -0.4 is 10.2 Å². The van der Waals surface area contributed by atoms with Crippen LogP contribution in [0.1, 0.15) is 50.1 Å². The van der Waals surface area contributed by atoms with E-state index in [-0.39, 0.29) is 0 Å². The van der Waals surface area contributed by atoms with E-state index < -0.39 is 5.41 Å². The Labute approximate surface area is 439 Å². The van der Waals surface area contributed by atoms with Crippen LogP contribution in [0.2, 0.25) is 0 Å². The minimum Gasteiger partial charge on any atom is -0.354 e. The highest BCUT2D eigenvalue weighted by Crippen LogP contribution is 2.60. The largest absolute Gasteiger partial charge is 0.354 e. The summed E-state index contributed by atoms with van der Waals surface area (Å²) in [6.45, 7) is 0. The quantitative estimate of drug-likeness (QED) is 0.127. The lowest BCUT2D eigenvalue weighted by Crippen LogP contribution is -2.28. The number of nitrogens with one attached hydrogen (secondary N) is 2. The number of fused-ring (bicyclic) bond motifs is 4. The van der Waals surface area contributed by atoms with Crippen LogP contribution >= 0.6 is 0 Å². The van der Waals surface area contributed by atoms with Crippen molar-refractivity contribution < 1.29 is 0 Å². The molecular formula is C72H51N3. The van der Waals surface area contributed by atoms with Crippen LogP contribution in [0.5, 0.6) is 0 Å². The van der Waals surface area contributed by atoms with E-state index in [0.717, 1.165) is 73.0 Å². The van der Waals surface area contributed by atoms with Gasteiger partial charge in [-0.05, 0) is 91.5 Å². The summed E-state index contributed by atoms with van der Waals surface area (Å²) in [5, 5.41) is 14.0. The molecule has 1 heterocycles. The summed E-state index contributed by atoms with van der Waals surface area (Å²) in [6.07, 6.45) is 2.31. The summed E-state index contributed by atoms with van der Waals surface area (Å²) in [4.78, 5) is 2.48. The summed E-state index contributed by atoms with van der Waals surface area (Å²) < 4.78 is 0. The van der Waals surface area contributed by atoms with Crippen molar-refractivity contribution >= 4 is 45.8 Å². The fraction of sp³-hybridized carbons (Fsp3) is 0.0139. The van der Waals surface area contributed by atoms with Gasteiger partial charge in [-0.1, -0.05) is 267 Å². The van der Waals surface area contributed by atoms with E-state index in [1.54, 1.807) is 0 Å². The van der Waals surface area contributed by atoms with E-state index in [4.69, 9.17) is 0 Å². The van der Waals surface area contributed by atoms with Crippen LogP contribution in [-0.4, -0.2) is 5.71 Å². The molecule has 1 aliphatic heterocycles. The zero-order valence-electron chi connectivity index (χ0n) is 41.2. The van der Waals surface area contributed by atoms with Crippen LogP contribution in [-0.2, 0) is 5.41 Å². The molecule has 0 amide bonds. The van der Waals surface area contributed by atoms with Crippen molar-refractivity contribution in [3.63, 3.8) is 0 Å². The van der Waals surface area contributed by atoms with Gasteiger partial charge in [-0.15, -0.1) is 0 Å². The van der Waals surface area contributed by atoms with E-state index in [2.05, 4.69) is 271 Å². The molecule has 3 heteroatoms. The number of benzene rings is 11. The second kappa shape index (κ2) is 19.3. The fourth-order valence-electron chi connectivity index (χ4n) is 11.6. The minimum absolute atomic E-state index is 0.440. The zero-order valence-corrected chi connectivity index (χ0v) is 41.2. The Balaban J connectivity index is 1.08. The number of nitrogens with zero attached hydrogens (tertiary/aromatic N) is 1. The van der Waals surface area contributed by atoms with Crippen molar-refractivity contribution in [2.75, 3.05) is 4.90 Å². The van der Waals surface area contributed by atoms with E-state index in [1.165, 1.54) is 44.5 Å². The van der Waals surface area contributed by atoms with Gasteiger partial charge in [0.15, 0.2) is 0 Å². The first kappa shape index (κ1) is 45.1. The van der Waals surface area contributed by atoms with Crippen molar-refractivity contribution in [3.8, 4) is 33.4 Å². The standard InChI is InChI=1S/C72H51N3/c73-70(56-29-13-4-14-30-56)68(55-27-11-3-12-28-55)71-60-36-21-39-66(62(60)49-65(74-71)54-25-9-2-10-26-54)75(59-47-45-53(46-48-59)52-43-41-51(42-44-52)50-23-7-1-8-24-50)67-40-22-38-64-69(67)61-35-19-20-37-63(61)72(64,57-31-15-5-16-32-57)58-33-17-6-18-34-58/h1-49,73-74H/b71-68-,73-70?. The predicted octanol–water partition coefficient (Wildman–Crippen LogP) is 17.9. The molecule has 0 bridgehead atoms. The summed E-state index contributed by atoms with van der Waals surface area (Å²) in [5.41, 5.74) is 22.5. The third kappa shape index (κ3) is 7.90. The van der Waals surface area contributed by atoms with Crippen LogP contribution in [0.15, 0.2) is 291 Å². The van der Waals surface area contributed by atoms with Crippen LogP contribution in [0.3, 0.4) is 0 Å². The van der Waals surface area contributed by atoms with Crippen molar-refractivity contribution in [3.05, 3.63) is 341 Å². The molecule has 11 aromatic rings. The summed E-state index contributed by atoms with van der Waals surface area (Å²) >= 11 is 0. The van der Waals surface area contributed by atoms with E-state index in [1.807, 2.05) is 36.4 Å². The average molecular weight is 958 g/mol. The molecule has 0 saturated carbocycles. The number of rotatable bonds is 11. The Morgan fingerprint density at radius 1 is 0.360 bits per heavy atom. The Bertz CT molecular complexity index is 3880. The predicted molar refractivity (Wildman–Crippen MR) is 313 cm³/mol. The molecule has 11 aromatic carbocycles. The third-order valence-corrected chi connectivity index (χ3v) is 15.0. The van der Waals surface area contributed by atoms with Gasteiger partial charge in [0, 0.05) is 39.2 Å². The molecule has 13 rings (SSSR count).